The summed E-state index contributed by atoms with van der Waals surface area (Å²) in [6.07, 6.45) is 4.39. The predicted octanol–water partition coefficient (Wildman–Crippen LogP) is 5.71. The second-order valence-corrected chi connectivity index (χ2v) is 13.8. The summed E-state index contributed by atoms with van der Waals surface area (Å²) < 4.78 is 52.4. The molecule has 4 aliphatic heterocycles. The largest absolute Gasteiger partial charge is 0.461 e. The lowest BCUT2D eigenvalue weighted by Gasteiger charge is -2.54. The van der Waals surface area contributed by atoms with E-state index in [2.05, 4.69) is 25.1 Å². The monoisotopic (exact) mass is 629 g/mol. The van der Waals surface area contributed by atoms with Crippen LogP contribution in [0, 0.1) is 11.6 Å². The smallest absolute Gasteiger partial charge is 0.319 e. The molecule has 6 heterocycles. The second kappa shape index (κ2) is 10.0. The molecular weight excluding hydrogens is 599 g/mol. The average molecular weight is 630 g/mol. The highest BCUT2D eigenvalue weighted by Gasteiger charge is 2.50. The van der Waals surface area contributed by atoms with Crippen LogP contribution in [0.5, 0.6) is 6.01 Å². The van der Waals surface area contributed by atoms with Crippen LogP contribution in [0.15, 0.2) is 18.2 Å². The van der Waals surface area contributed by atoms with E-state index >= 15 is 4.39 Å². The van der Waals surface area contributed by atoms with Crippen LogP contribution in [-0.4, -0.2) is 76.4 Å². The Morgan fingerprint density at radius 3 is 2.77 bits per heavy atom. The number of thiazole rings is 1. The average Bonchev–Trinajstić information content (AvgIpc) is 3.64. The Kier molecular flexibility index (Phi) is 6.45. The fraction of sp³-hybridized carbons (Fsp3) is 0.500. The molecule has 43 heavy (non-hydrogen) atoms. The number of hydrogen-bond acceptors (Lipinski definition) is 9. The van der Waals surface area contributed by atoms with E-state index in [0.29, 0.717) is 29.7 Å². The number of nitrogen functional groups attached to an aromatic ring is 1. The van der Waals surface area contributed by atoms with Crippen LogP contribution in [0.25, 0.3) is 32.2 Å². The lowest BCUT2D eigenvalue weighted by atomic mass is 9.81. The topological polar surface area (TPSA) is 92.4 Å². The Bertz CT molecular complexity index is 1770. The number of nitrogens with two attached hydrogens (primary N) is 1. The number of rotatable bonds is 5. The summed E-state index contributed by atoms with van der Waals surface area (Å²) in [5, 5.41) is 4.19. The molecule has 2 aromatic carbocycles. The van der Waals surface area contributed by atoms with Crippen molar-refractivity contribution in [2.24, 2.45) is 0 Å². The van der Waals surface area contributed by atoms with Crippen LogP contribution >= 0.6 is 22.9 Å². The van der Waals surface area contributed by atoms with Gasteiger partial charge in [-0.3, -0.25) is 4.90 Å². The van der Waals surface area contributed by atoms with Gasteiger partial charge >= 0.3 is 6.01 Å². The fourth-order valence-electron chi connectivity index (χ4n) is 7.73. The molecule has 8 nitrogen and oxygen atoms in total. The Hall–Kier alpha value is -2.93. The molecule has 2 atom stereocenters. The van der Waals surface area contributed by atoms with Gasteiger partial charge in [-0.25, -0.2) is 18.2 Å². The zero-order chi connectivity index (χ0) is 29.5. The summed E-state index contributed by atoms with van der Waals surface area (Å²) in [5.41, 5.74) is 6.06. The van der Waals surface area contributed by atoms with E-state index in [4.69, 9.17) is 27.1 Å². The van der Waals surface area contributed by atoms with Crippen LogP contribution in [0.1, 0.15) is 38.5 Å². The standard InChI is InChI=1S/C30H31ClF3N7OS/c31-19-10-18-23(22(34)21(19)17-4-5-20(33)25-24(17)37-27(35)43-25)38-28(42-15-29-7-3-8-40(29)12-16(32)11-29)39-26(18)41-9-2-1-6-30(41)13-36-14-30/h4-5,10,16,36H,1-3,6-9,11-15H2,(H2,35,37)/t16-,29+/m1/s1. The summed E-state index contributed by atoms with van der Waals surface area (Å²) in [6, 6.07) is 4.47. The SMILES string of the molecule is Nc1nc2c(-c3c(Cl)cc4c(N5CCCCC56CNC6)nc(OC[C@@]56CCCN5C[C@H](F)C6)nc4c3F)ccc(F)c2s1. The number of fused-ring (bicyclic) bond motifs is 3. The van der Waals surface area contributed by atoms with Crippen molar-refractivity contribution < 1.29 is 17.9 Å². The summed E-state index contributed by atoms with van der Waals surface area (Å²) in [6.45, 7) is 3.83. The number of hydrogen-bond donors (Lipinski definition) is 2. The van der Waals surface area contributed by atoms with Crippen molar-refractivity contribution in [1.82, 2.24) is 25.2 Å². The molecule has 4 aliphatic rings. The molecule has 3 N–H and O–H groups in total. The van der Waals surface area contributed by atoms with E-state index in [1.54, 1.807) is 6.07 Å². The molecule has 0 aliphatic carbocycles. The molecule has 4 saturated heterocycles. The third-order valence-corrected chi connectivity index (χ3v) is 11.1. The Labute approximate surface area is 255 Å². The molecule has 0 amide bonds. The van der Waals surface area contributed by atoms with Gasteiger partial charge in [0.1, 0.15) is 29.9 Å². The van der Waals surface area contributed by atoms with Gasteiger partial charge in [-0.1, -0.05) is 22.9 Å². The predicted molar refractivity (Wildman–Crippen MR) is 163 cm³/mol. The molecule has 13 heteroatoms. The number of piperidine rings is 1. The van der Waals surface area contributed by atoms with Crippen LogP contribution < -0.4 is 20.7 Å². The maximum Gasteiger partial charge on any atom is 0.319 e. The first-order valence-electron chi connectivity index (χ1n) is 14.8. The molecule has 4 aromatic rings. The lowest BCUT2D eigenvalue weighted by molar-refractivity contribution is 0.107. The molecule has 0 saturated carbocycles. The van der Waals surface area contributed by atoms with Gasteiger partial charge in [-0.2, -0.15) is 9.97 Å². The molecule has 0 unspecified atom stereocenters. The number of nitrogens with zero attached hydrogens (tertiary/aromatic N) is 5. The van der Waals surface area contributed by atoms with Gasteiger partial charge in [0.25, 0.3) is 0 Å². The van der Waals surface area contributed by atoms with Crippen molar-refractivity contribution >= 4 is 55.0 Å². The maximum absolute atomic E-state index is 16.8. The minimum absolute atomic E-state index is 0.0494. The molecule has 4 fully saturated rings. The summed E-state index contributed by atoms with van der Waals surface area (Å²) in [5.74, 6) is -0.581. The Morgan fingerprint density at radius 2 is 1.95 bits per heavy atom. The summed E-state index contributed by atoms with van der Waals surface area (Å²) in [7, 11) is 0. The molecular formula is C30H31ClF3N7OS. The third kappa shape index (κ3) is 4.27. The Balaban J connectivity index is 1.29. The van der Waals surface area contributed by atoms with E-state index in [-0.39, 0.29) is 49.6 Å². The first-order valence-corrected chi connectivity index (χ1v) is 16.0. The van der Waals surface area contributed by atoms with Crippen LogP contribution in [0.2, 0.25) is 5.02 Å². The number of nitrogens with one attached hydrogen (secondary N) is 1. The van der Waals surface area contributed by atoms with Crippen LogP contribution in [-0.2, 0) is 0 Å². The van der Waals surface area contributed by atoms with Gasteiger partial charge in [0.05, 0.1) is 26.3 Å². The van der Waals surface area contributed by atoms with Crippen molar-refractivity contribution in [3.8, 4) is 17.1 Å². The van der Waals surface area contributed by atoms with E-state index in [1.165, 1.54) is 12.1 Å². The van der Waals surface area contributed by atoms with Gasteiger partial charge in [0, 0.05) is 49.1 Å². The highest BCUT2D eigenvalue weighted by Crippen LogP contribution is 2.45. The molecule has 0 radical (unpaired) electrons. The van der Waals surface area contributed by atoms with Crippen LogP contribution in [0.4, 0.5) is 24.1 Å². The number of halogens is 4. The fourth-order valence-corrected chi connectivity index (χ4v) is 8.78. The van der Waals surface area contributed by atoms with Crippen LogP contribution in [0.3, 0.4) is 0 Å². The molecule has 226 valence electrons. The first kappa shape index (κ1) is 27.6. The van der Waals surface area contributed by atoms with Gasteiger partial charge < -0.3 is 20.7 Å². The summed E-state index contributed by atoms with van der Waals surface area (Å²) in [4.78, 5) is 18.2. The molecule has 8 rings (SSSR count). The number of aromatic nitrogens is 3. The number of alkyl halides is 1. The third-order valence-electron chi connectivity index (χ3n) is 9.86. The van der Waals surface area contributed by atoms with Crippen molar-refractivity contribution in [3.05, 3.63) is 34.9 Å². The minimum Gasteiger partial charge on any atom is -0.461 e. The van der Waals surface area contributed by atoms with Crippen molar-refractivity contribution in [2.75, 3.05) is 50.0 Å². The first-order chi connectivity index (χ1) is 20.8. The van der Waals surface area contributed by atoms with Gasteiger partial charge in [0.15, 0.2) is 10.9 Å². The van der Waals surface area contributed by atoms with Crippen molar-refractivity contribution in [1.29, 1.82) is 0 Å². The maximum atomic E-state index is 16.8. The zero-order valence-electron chi connectivity index (χ0n) is 23.4. The van der Waals surface area contributed by atoms with Gasteiger partial charge in [-0.15, -0.1) is 0 Å². The highest BCUT2D eigenvalue weighted by molar-refractivity contribution is 7.22. The van der Waals surface area contributed by atoms with Gasteiger partial charge in [0.2, 0.25) is 0 Å². The van der Waals surface area contributed by atoms with E-state index in [1.807, 2.05) is 0 Å². The normalized spacial score (nSPS) is 25.1. The minimum atomic E-state index is -0.897. The number of ether oxygens (including phenoxy) is 1. The van der Waals surface area contributed by atoms with Gasteiger partial charge in [-0.05, 0) is 56.8 Å². The van der Waals surface area contributed by atoms with Crippen molar-refractivity contribution in [2.45, 2.75) is 55.8 Å². The molecule has 2 aromatic heterocycles. The number of benzene rings is 2. The van der Waals surface area contributed by atoms with E-state index in [9.17, 15) is 8.78 Å². The van der Waals surface area contributed by atoms with E-state index < -0.39 is 23.3 Å². The summed E-state index contributed by atoms with van der Waals surface area (Å²) >= 11 is 7.83. The molecule has 1 spiro atoms. The molecule has 0 bridgehead atoms. The number of anilines is 2. The van der Waals surface area contributed by atoms with Crippen molar-refractivity contribution in [3.63, 3.8) is 0 Å². The second-order valence-electron chi connectivity index (χ2n) is 12.4. The Morgan fingerprint density at radius 1 is 1.09 bits per heavy atom. The zero-order valence-corrected chi connectivity index (χ0v) is 25.0. The lowest BCUT2D eigenvalue weighted by Crippen LogP contribution is -2.70. The highest BCUT2D eigenvalue weighted by atomic mass is 35.5. The van der Waals surface area contributed by atoms with E-state index in [0.717, 1.165) is 69.6 Å². The quantitative estimate of drug-likeness (QED) is 0.290.